The Morgan fingerprint density at radius 2 is 1.39 bits per heavy atom. The van der Waals surface area contributed by atoms with E-state index in [1.807, 2.05) is 48.5 Å². The summed E-state index contributed by atoms with van der Waals surface area (Å²) in [5.74, 6) is 2.13. The van der Waals surface area contributed by atoms with Crippen molar-refractivity contribution in [2.45, 2.75) is 9.79 Å². The molecule has 0 saturated carbocycles. The van der Waals surface area contributed by atoms with E-state index in [1.54, 1.807) is 11.8 Å². The lowest BCUT2D eigenvalue weighted by Gasteiger charge is -2.02. The molecule has 0 unspecified atom stereocenters. The van der Waals surface area contributed by atoms with Gasteiger partial charge in [-0.3, -0.25) is 0 Å². The van der Waals surface area contributed by atoms with Gasteiger partial charge in [-0.2, -0.15) is 5.26 Å². The molecule has 0 aliphatic carbocycles. The molecule has 0 aromatic heterocycles. The quantitative estimate of drug-likeness (QED) is 0.782. The van der Waals surface area contributed by atoms with Gasteiger partial charge in [-0.15, -0.1) is 0 Å². The molecule has 0 spiro atoms. The van der Waals surface area contributed by atoms with Crippen LogP contribution in [-0.2, 0) is 0 Å². The zero-order valence-corrected chi connectivity index (χ0v) is 10.4. The summed E-state index contributed by atoms with van der Waals surface area (Å²) < 4.78 is 0. The van der Waals surface area contributed by atoms with Crippen LogP contribution in [0.1, 0.15) is 5.56 Å². The van der Waals surface area contributed by atoms with Crippen LogP contribution in [0.5, 0.6) is 0 Å². The van der Waals surface area contributed by atoms with E-state index < -0.39 is 0 Å². The molecule has 0 radical (unpaired) electrons. The van der Waals surface area contributed by atoms with Gasteiger partial charge in [-0.05, 0) is 36.4 Å². The van der Waals surface area contributed by atoms with E-state index >= 15 is 0 Å². The molecule has 0 N–H and O–H groups in total. The fraction of sp³-hybridized carbons (Fsp3) is 0. The summed E-state index contributed by atoms with van der Waals surface area (Å²) in [6, 6.07) is 17.6. The molecule has 2 aromatic rings. The van der Waals surface area contributed by atoms with Crippen LogP contribution in [0.15, 0.2) is 58.3 Å². The molecule has 4 heteroatoms. The van der Waals surface area contributed by atoms with Gasteiger partial charge in [0.05, 0.1) is 11.6 Å². The van der Waals surface area contributed by atoms with Crippen molar-refractivity contribution in [3.63, 3.8) is 0 Å². The molecule has 84 valence electrons. The van der Waals surface area contributed by atoms with E-state index in [0.717, 1.165) is 15.3 Å². The topological polar surface area (TPSA) is 47.6 Å². The van der Waals surface area contributed by atoms with Gasteiger partial charge in [0, 0.05) is 15.8 Å². The molecule has 0 aliphatic rings. The molecule has 2 aromatic carbocycles. The highest BCUT2D eigenvalue weighted by atomic mass is 32.2. The number of nitriles is 2. The summed E-state index contributed by atoms with van der Waals surface area (Å²) in [7, 11) is 0.446. The number of benzene rings is 2. The number of nitrogens with zero attached hydrogens (tertiary/aromatic N) is 2. The van der Waals surface area contributed by atoms with Gasteiger partial charge in [-0.25, -0.2) is 5.26 Å². The molecule has 2 nitrogen and oxygen atoms in total. The monoisotopic (exact) mass is 248 g/mol. The highest BCUT2D eigenvalue weighted by Crippen LogP contribution is 2.26. The Labute approximate surface area is 111 Å². The van der Waals surface area contributed by atoms with Crippen LogP contribution in [0.4, 0.5) is 0 Å². The van der Waals surface area contributed by atoms with Crippen molar-refractivity contribution < 1.29 is 0 Å². The van der Waals surface area contributed by atoms with Gasteiger partial charge in [0.2, 0.25) is 0 Å². The van der Waals surface area contributed by atoms with Crippen LogP contribution < -0.4 is 5.46 Å². The van der Waals surface area contributed by atoms with Crippen molar-refractivity contribution in [2.75, 3.05) is 0 Å². The zero-order chi connectivity index (χ0) is 12.8. The fourth-order valence-electron chi connectivity index (χ4n) is 1.50. The third-order valence-electron chi connectivity index (χ3n) is 2.43. The lowest BCUT2D eigenvalue weighted by Crippen LogP contribution is -2.10. The molecule has 18 heavy (non-hydrogen) atoms. The van der Waals surface area contributed by atoms with Crippen molar-refractivity contribution in [1.29, 1.82) is 10.5 Å². The second-order valence-electron chi connectivity index (χ2n) is 3.72. The van der Waals surface area contributed by atoms with E-state index in [0.29, 0.717) is 12.8 Å². The fourth-order valence-corrected chi connectivity index (χ4v) is 2.32. The highest BCUT2D eigenvalue weighted by Gasteiger charge is 1.99. The van der Waals surface area contributed by atoms with E-state index in [9.17, 15) is 0 Å². The minimum Gasteiger partial charge on any atom is -0.213 e. The molecule has 0 saturated heterocycles. The molecule has 0 aliphatic heterocycles. The lowest BCUT2D eigenvalue weighted by atomic mass is 9.73. The number of rotatable bonds is 3. The van der Waals surface area contributed by atoms with Crippen LogP contribution >= 0.6 is 11.8 Å². The Kier molecular flexibility index (Phi) is 4.07. The summed E-state index contributed by atoms with van der Waals surface area (Å²) in [4.78, 5) is 2.23. The first-order valence-corrected chi connectivity index (χ1v) is 6.27. The van der Waals surface area contributed by atoms with Crippen molar-refractivity contribution in [3.8, 4) is 12.0 Å². The first kappa shape index (κ1) is 12.3. The summed E-state index contributed by atoms with van der Waals surface area (Å²) in [5.41, 5.74) is 1.70. The Morgan fingerprint density at radius 3 is 1.89 bits per heavy atom. The second-order valence-corrected chi connectivity index (χ2v) is 4.86. The Morgan fingerprint density at radius 1 is 0.833 bits per heavy atom. The SMILES string of the molecule is N#CBc1ccc(Sc2ccc(C#N)cc2)cc1. The Hall–Kier alpha value is -2.17. The number of hydrogen-bond acceptors (Lipinski definition) is 3. The average Bonchev–Trinajstić information content (AvgIpc) is 2.42. The Bertz CT molecular complexity index is 606. The maximum absolute atomic E-state index is 8.72. The third-order valence-corrected chi connectivity index (χ3v) is 3.44. The molecular weight excluding hydrogens is 239 g/mol. The second kappa shape index (κ2) is 5.96. The van der Waals surface area contributed by atoms with Gasteiger partial charge in [0.1, 0.15) is 0 Å². The third kappa shape index (κ3) is 3.16. The minimum atomic E-state index is 0.446. The minimum absolute atomic E-state index is 0.446. The van der Waals surface area contributed by atoms with Crippen molar-refractivity contribution in [2.24, 2.45) is 0 Å². The first-order valence-electron chi connectivity index (χ1n) is 5.46. The standard InChI is InChI=1S/C14H9BN2S/c16-9-11-1-5-13(6-2-11)18-14-7-3-12(4-8-14)15-10-17/h1-8,15H. The van der Waals surface area contributed by atoms with Gasteiger partial charge in [0.15, 0.2) is 0 Å². The maximum atomic E-state index is 8.72. The van der Waals surface area contributed by atoms with Crippen LogP contribution in [0.2, 0.25) is 0 Å². The van der Waals surface area contributed by atoms with Crippen LogP contribution in [0.25, 0.3) is 0 Å². The molecule has 2 rings (SSSR count). The largest absolute Gasteiger partial charge is 0.282 e. The van der Waals surface area contributed by atoms with Crippen LogP contribution in [0, 0.1) is 22.6 Å². The molecular formula is C14H9BN2S. The Balaban J connectivity index is 2.09. The highest BCUT2D eigenvalue weighted by molar-refractivity contribution is 7.99. The maximum Gasteiger partial charge on any atom is 0.282 e. The summed E-state index contributed by atoms with van der Waals surface area (Å²) in [5, 5.41) is 17.3. The van der Waals surface area contributed by atoms with E-state index in [-0.39, 0.29) is 0 Å². The summed E-state index contributed by atoms with van der Waals surface area (Å²) in [6.45, 7) is 0. The first-order chi connectivity index (χ1) is 8.81. The number of hydrogen-bond donors (Lipinski definition) is 0. The molecule has 0 bridgehead atoms. The molecule has 0 atom stereocenters. The predicted molar refractivity (Wildman–Crippen MR) is 74.1 cm³/mol. The predicted octanol–water partition coefficient (Wildman–Crippen LogP) is 2.25. The van der Waals surface area contributed by atoms with E-state index in [2.05, 4.69) is 12.0 Å². The molecule has 0 heterocycles. The average molecular weight is 248 g/mol. The summed E-state index contributed by atoms with van der Waals surface area (Å²) >= 11 is 1.64. The normalized spacial score (nSPS) is 9.22. The van der Waals surface area contributed by atoms with Gasteiger partial charge in [-0.1, -0.05) is 29.4 Å². The van der Waals surface area contributed by atoms with E-state index in [4.69, 9.17) is 10.5 Å². The van der Waals surface area contributed by atoms with E-state index in [1.165, 1.54) is 0 Å². The summed E-state index contributed by atoms with van der Waals surface area (Å²) in [6.07, 6.45) is 0. The molecule has 0 amide bonds. The van der Waals surface area contributed by atoms with Crippen molar-refractivity contribution >= 4 is 24.5 Å². The van der Waals surface area contributed by atoms with Crippen molar-refractivity contribution in [1.82, 2.24) is 0 Å². The van der Waals surface area contributed by atoms with Crippen LogP contribution in [-0.4, -0.2) is 7.28 Å². The molecule has 0 fully saturated rings. The lowest BCUT2D eigenvalue weighted by molar-refractivity contribution is 1.39. The van der Waals surface area contributed by atoms with Crippen LogP contribution in [0.3, 0.4) is 0 Å². The smallest absolute Gasteiger partial charge is 0.213 e. The van der Waals surface area contributed by atoms with Crippen molar-refractivity contribution in [3.05, 3.63) is 54.1 Å². The van der Waals surface area contributed by atoms with Gasteiger partial charge < -0.3 is 0 Å². The zero-order valence-electron chi connectivity index (χ0n) is 9.63. The van der Waals surface area contributed by atoms with Gasteiger partial charge in [0.25, 0.3) is 7.28 Å². The van der Waals surface area contributed by atoms with Gasteiger partial charge >= 0.3 is 0 Å².